The van der Waals surface area contributed by atoms with Crippen molar-refractivity contribution in [1.82, 2.24) is 4.57 Å². The minimum absolute atomic E-state index is 1.17. The largest absolute Gasteiger partial charge is 0.243 e. The van der Waals surface area contributed by atoms with Gasteiger partial charge in [0.1, 0.15) is 11.9 Å². The van der Waals surface area contributed by atoms with E-state index in [-0.39, 0.29) is 0 Å². The van der Waals surface area contributed by atoms with Gasteiger partial charge >= 0.3 is 0 Å². The quantitative estimate of drug-likeness (QED) is 0.486. The third-order valence-electron chi connectivity index (χ3n) is 2.42. The van der Waals surface area contributed by atoms with E-state index in [4.69, 9.17) is 0 Å². The van der Waals surface area contributed by atoms with Crippen LogP contribution in [0.4, 0.5) is 0 Å². The third kappa shape index (κ3) is 3.21. The van der Waals surface area contributed by atoms with Gasteiger partial charge in [-0.05, 0) is 12.8 Å². The molecule has 0 unspecified atom stereocenters. The van der Waals surface area contributed by atoms with E-state index < -0.39 is 0 Å². The lowest BCUT2D eigenvalue weighted by Gasteiger charge is -1.97. The van der Waals surface area contributed by atoms with Crippen molar-refractivity contribution < 1.29 is 4.57 Å². The Kier molecular flexibility index (Phi) is 4.00. The van der Waals surface area contributed by atoms with E-state index in [1.165, 1.54) is 37.9 Å². The van der Waals surface area contributed by atoms with Crippen LogP contribution >= 0.6 is 0 Å². The molecule has 0 atom stereocenters. The van der Waals surface area contributed by atoms with Crippen LogP contribution in [0, 0.1) is 6.92 Å². The summed E-state index contributed by atoms with van der Waals surface area (Å²) in [6.07, 6.45) is 9.69. The second kappa shape index (κ2) is 5.05. The van der Waals surface area contributed by atoms with Crippen LogP contribution in [-0.4, -0.2) is 4.57 Å². The highest BCUT2D eigenvalue weighted by Gasteiger charge is 2.05. The summed E-state index contributed by atoms with van der Waals surface area (Å²) in [6.45, 7) is 5.59. The molecule has 0 saturated heterocycles. The SMILES string of the molecule is CCCCCCn1c[n+](C)cc1C. The first-order chi connectivity index (χ1) is 6.24. The van der Waals surface area contributed by atoms with E-state index in [0.717, 1.165) is 0 Å². The number of imidazole rings is 1. The molecule has 0 spiro atoms. The summed E-state index contributed by atoms with van der Waals surface area (Å²) in [5, 5.41) is 0. The maximum absolute atomic E-state index is 2.33. The maximum atomic E-state index is 2.33. The van der Waals surface area contributed by atoms with Gasteiger partial charge in [-0.1, -0.05) is 19.8 Å². The van der Waals surface area contributed by atoms with E-state index in [1.807, 2.05) is 0 Å². The summed E-state index contributed by atoms with van der Waals surface area (Å²) < 4.78 is 4.45. The Morgan fingerprint density at radius 3 is 2.62 bits per heavy atom. The van der Waals surface area contributed by atoms with Crippen molar-refractivity contribution in [3.8, 4) is 0 Å². The number of hydrogen-bond donors (Lipinski definition) is 0. The number of nitrogens with zero attached hydrogens (tertiary/aromatic N) is 2. The molecule has 1 aromatic heterocycles. The van der Waals surface area contributed by atoms with E-state index in [1.54, 1.807) is 0 Å². The Morgan fingerprint density at radius 2 is 2.08 bits per heavy atom. The van der Waals surface area contributed by atoms with Crippen molar-refractivity contribution >= 4 is 0 Å². The number of rotatable bonds is 5. The Labute approximate surface area is 81.2 Å². The summed E-state index contributed by atoms with van der Waals surface area (Å²) in [5.41, 5.74) is 1.36. The molecule has 74 valence electrons. The predicted octanol–water partition coefficient (Wildman–Crippen LogP) is 2.20. The minimum Gasteiger partial charge on any atom is -0.239 e. The highest BCUT2D eigenvalue weighted by molar-refractivity contribution is 4.88. The van der Waals surface area contributed by atoms with Crippen LogP contribution in [0.5, 0.6) is 0 Å². The molecule has 2 heteroatoms. The molecule has 0 aliphatic carbocycles. The second-order valence-corrected chi connectivity index (χ2v) is 3.81. The van der Waals surface area contributed by atoms with Gasteiger partial charge in [-0.3, -0.25) is 0 Å². The first-order valence-electron chi connectivity index (χ1n) is 5.26. The lowest BCUT2D eigenvalue weighted by molar-refractivity contribution is -0.671. The van der Waals surface area contributed by atoms with Crippen LogP contribution < -0.4 is 4.57 Å². The Morgan fingerprint density at radius 1 is 1.31 bits per heavy atom. The second-order valence-electron chi connectivity index (χ2n) is 3.81. The van der Waals surface area contributed by atoms with Gasteiger partial charge in [0.15, 0.2) is 0 Å². The van der Waals surface area contributed by atoms with Crippen LogP contribution in [0.2, 0.25) is 0 Å². The molecular weight excluding hydrogens is 160 g/mol. The fourth-order valence-corrected chi connectivity index (χ4v) is 1.66. The van der Waals surface area contributed by atoms with Gasteiger partial charge in [0.05, 0.1) is 13.6 Å². The molecule has 0 aromatic carbocycles. The van der Waals surface area contributed by atoms with Crippen LogP contribution in [0.3, 0.4) is 0 Å². The highest BCUT2D eigenvalue weighted by Crippen LogP contribution is 2.03. The van der Waals surface area contributed by atoms with Gasteiger partial charge in [0.25, 0.3) is 0 Å². The van der Waals surface area contributed by atoms with Gasteiger partial charge in [-0.2, -0.15) is 0 Å². The zero-order chi connectivity index (χ0) is 9.68. The molecule has 0 N–H and O–H groups in total. The van der Waals surface area contributed by atoms with Crippen LogP contribution in [-0.2, 0) is 13.6 Å². The highest BCUT2D eigenvalue weighted by atomic mass is 15.1. The number of aromatic nitrogens is 2. The van der Waals surface area contributed by atoms with Crippen molar-refractivity contribution in [3.05, 3.63) is 18.2 Å². The van der Waals surface area contributed by atoms with Crippen LogP contribution in [0.15, 0.2) is 12.5 Å². The molecule has 0 radical (unpaired) electrons. The molecule has 1 rings (SSSR count). The van der Waals surface area contributed by atoms with Gasteiger partial charge in [-0.15, -0.1) is 0 Å². The minimum atomic E-state index is 1.17. The van der Waals surface area contributed by atoms with Gasteiger partial charge in [0, 0.05) is 6.92 Å². The number of aryl methyl sites for hydroxylation is 3. The summed E-state index contributed by atoms with van der Waals surface area (Å²) in [7, 11) is 2.08. The number of hydrogen-bond acceptors (Lipinski definition) is 0. The topological polar surface area (TPSA) is 8.81 Å². The fourth-order valence-electron chi connectivity index (χ4n) is 1.66. The maximum Gasteiger partial charge on any atom is 0.243 e. The Balaban J connectivity index is 2.32. The zero-order valence-corrected chi connectivity index (χ0v) is 9.08. The molecule has 0 fully saturated rings. The first kappa shape index (κ1) is 10.3. The van der Waals surface area contributed by atoms with Crippen molar-refractivity contribution in [2.24, 2.45) is 7.05 Å². The molecule has 0 saturated carbocycles. The normalized spacial score (nSPS) is 10.7. The van der Waals surface area contributed by atoms with E-state index in [9.17, 15) is 0 Å². The fraction of sp³-hybridized carbons (Fsp3) is 0.727. The van der Waals surface area contributed by atoms with Gasteiger partial charge < -0.3 is 0 Å². The summed E-state index contributed by atoms with van der Waals surface area (Å²) in [6, 6.07) is 0. The lowest BCUT2D eigenvalue weighted by atomic mass is 10.2. The molecule has 0 amide bonds. The Hall–Kier alpha value is -0.790. The van der Waals surface area contributed by atoms with Gasteiger partial charge in [-0.25, -0.2) is 9.13 Å². The van der Waals surface area contributed by atoms with E-state index >= 15 is 0 Å². The smallest absolute Gasteiger partial charge is 0.239 e. The van der Waals surface area contributed by atoms with Crippen molar-refractivity contribution in [3.63, 3.8) is 0 Å². The molecule has 1 aromatic rings. The molecule has 1 heterocycles. The zero-order valence-electron chi connectivity index (χ0n) is 9.08. The monoisotopic (exact) mass is 181 g/mol. The van der Waals surface area contributed by atoms with Crippen molar-refractivity contribution in [1.29, 1.82) is 0 Å². The standard InChI is InChI=1S/C11H21N2/c1-4-5-6-7-8-13-10-12(3)9-11(13)2/h9-10H,4-8H2,1-3H3/q+1. The lowest BCUT2D eigenvalue weighted by Crippen LogP contribution is -2.23. The summed E-state index contributed by atoms with van der Waals surface area (Å²) in [4.78, 5) is 0. The average Bonchev–Trinajstić information content (AvgIpc) is 2.39. The summed E-state index contributed by atoms with van der Waals surface area (Å²) in [5.74, 6) is 0. The van der Waals surface area contributed by atoms with Gasteiger partial charge in [0.2, 0.25) is 6.33 Å². The predicted molar refractivity (Wildman–Crippen MR) is 54.5 cm³/mol. The molecule has 2 nitrogen and oxygen atoms in total. The molecular formula is C11H21N2+. The van der Waals surface area contributed by atoms with E-state index in [0.29, 0.717) is 0 Å². The average molecular weight is 181 g/mol. The Bertz CT molecular complexity index is 251. The molecule has 0 bridgehead atoms. The van der Waals surface area contributed by atoms with E-state index in [2.05, 4.69) is 42.6 Å². The molecule has 0 aliphatic heterocycles. The van der Waals surface area contributed by atoms with Crippen molar-refractivity contribution in [2.45, 2.75) is 46.1 Å². The third-order valence-corrected chi connectivity index (χ3v) is 2.42. The molecule has 0 aliphatic rings. The van der Waals surface area contributed by atoms with Crippen molar-refractivity contribution in [2.75, 3.05) is 0 Å². The van der Waals surface area contributed by atoms with Crippen LogP contribution in [0.25, 0.3) is 0 Å². The first-order valence-corrected chi connectivity index (χ1v) is 5.26. The molecule has 13 heavy (non-hydrogen) atoms. The number of unbranched alkanes of at least 4 members (excludes halogenated alkanes) is 3. The van der Waals surface area contributed by atoms with Crippen LogP contribution in [0.1, 0.15) is 38.3 Å². The summed E-state index contributed by atoms with van der Waals surface area (Å²) >= 11 is 0.